The first kappa shape index (κ1) is 37.7. The molecule has 0 spiro atoms. The third-order valence-corrected chi connectivity index (χ3v) is 13.1. The maximum atomic E-state index is 6.91. The summed E-state index contributed by atoms with van der Waals surface area (Å²) < 4.78 is 13.6. The Bertz CT molecular complexity index is 3460. The smallest absolute Gasteiger partial charge is 0.147 e. The molecule has 0 unspecified atom stereocenters. The first-order valence-electron chi connectivity index (χ1n) is 21.6. The second-order valence-corrected chi connectivity index (χ2v) is 17.4. The fraction of sp³-hybridized carbons (Fsp3) is 0.138. The van der Waals surface area contributed by atoms with Crippen molar-refractivity contribution < 1.29 is 8.83 Å². The van der Waals surface area contributed by atoms with Crippen molar-refractivity contribution in [2.75, 3.05) is 9.80 Å². The molecule has 0 aliphatic heterocycles. The molecule has 0 aliphatic carbocycles. The van der Waals surface area contributed by atoms with Crippen LogP contribution in [0.4, 0.5) is 34.1 Å². The maximum absolute atomic E-state index is 6.91. The topological polar surface area (TPSA) is 32.8 Å². The molecule has 2 aromatic heterocycles. The monoisotopic (exact) mass is 804 g/mol. The SMILES string of the molecule is Cc1cccc(C)c1N(c1ccc2cc3c(cc2c1)oc1c3ccc2oc3cc4cc(N(c5c(C)cccc5C)c5c(C)cccc5C)ccc4cc3c21)c1c(C)cccc1C. The molecule has 0 N–H and O–H groups in total. The predicted molar refractivity (Wildman–Crippen MR) is 263 cm³/mol. The van der Waals surface area contributed by atoms with E-state index in [1.54, 1.807) is 0 Å². The van der Waals surface area contributed by atoms with Crippen molar-refractivity contribution in [3.8, 4) is 0 Å². The minimum atomic E-state index is 0.819. The normalized spacial score (nSPS) is 11.9. The maximum Gasteiger partial charge on any atom is 0.147 e. The molecular formula is C58H48N2O2. The highest BCUT2D eigenvalue weighted by molar-refractivity contribution is 6.24. The lowest BCUT2D eigenvalue weighted by Crippen LogP contribution is -2.15. The summed E-state index contributed by atoms with van der Waals surface area (Å²) in [5.41, 5.74) is 20.4. The standard InChI is InChI=1S/C58H48N2O2/c1-33-13-9-14-34(2)54(33)59(55-35(3)15-10-16-36(55)4)45-23-21-41-29-48-47-25-26-50-53(58(47)62-51(48)31-43(41)27-45)49-30-42-22-24-46(28-44(42)32-52(49)61-50)60(56-37(5)17-11-18-38(56)6)57-39(7)19-12-20-40(57)8/h9-32H,1-8H3. The summed E-state index contributed by atoms with van der Waals surface area (Å²) in [6.45, 7) is 17.6. The van der Waals surface area contributed by atoms with Gasteiger partial charge in [-0.15, -0.1) is 0 Å². The largest absolute Gasteiger partial charge is 0.456 e. The van der Waals surface area contributed by atoms with Crippen LogP contribution in [0.25, 0.3) is 65.4 Å². The van der Waals surface area contributed by atoms with Crippen LogP contribution in [0.5, 0.6) is 0 Å². The summed E-state index contributed by atoms with van der Waals surface area (Å²) in [5, 5.41) is 8.81. The van der Waals surface area contributed by atoms with Crippen molar-refractivity contribution >= 4 is 99.5 Å². The quantitative estimate of drug-likeness (QED) is 0.168. The number of para-hydroxylation sites is 4. The van der Waals surface area contributed by atoms with E-state index in [4.69, 9.17) is 8.83 Å². The first-order valence-corrected chi connectivity index (χ1v) is 21.6. The molecule has 0 atom stereocenters. The number of hydrogen-bond acceptors (Lipinski definition) is 4. The van der Waals surface area contributed by atoms with Gasteiger partial charge in [-0.3, -0.25) is 0 Å². The molecule has 9 aromatic carbocycles. The number of fused-ring (bicyclic) bond motifs is 9. The van der Waals surface area contributed by atoms with E-state index >= 15 is 0 Å². The predicted octanol–water partition coefficient (Wildman–Crippen LogP) is 17.2. The van der Waals surface area contributed by atoms with Crippen LogP contribution in [0.3, 0.4) is 0 Å². The second kappa shape index (κ2) is 14.1. The Balaban J connectivity index is 1.06. The third-order valence-electron chi connectivity index (χ3n) is 13.1. The van der Waals surface area contributed by atoms with Gasteiger partial charge >= 0.3 is 0 Å². The Kier molecular flexibility index (Phi) is 8.59. The molecule has 4 heteroatoms. The molecule has 4 nitrogen and oxygen atoms in total. The van der Waals surface area contributed by atoms with E-state index in [1.807, 2.05) is 0 Å². The Morgan fingerprint density at radius 2 is 0.694 bits per heavy atom. The lowest BCUT2D eigenvalue weighted by atomic mass is 10.00. The van der Waals surface area contributed by atoms with Crippen molar-refractivity contribution in [3.05, 3.63) is 190 Å². The van der Waals surface area contributed by atoms with E-state index in [0.717, 1.165) is 71.4 Å². The molecule has 302 valence electrons. The van der Waals surface area contributed by atoms with Crippen LogP contribution in [0.15, 0.2) is 154 Å². The molecular weight excluding hydrogens is 757 g/mol. The molecule has 11 aromatic rings. The van der Waals surface area contributed by atoms with Crippen LogP contribution in [-0.4, -0.2) is 0 Å². The average molecular weight is 805 g/mol. The van der Waals surface area contributed by atoms with Crippen molar-refractivity contribution in [2.45, 2.75) is 55.4 Å². The minimum Gasteiger partial charge on any atom is -0.456 e. The van der Waals surface area contributed by atoms with Crippen LogP contribution in [-0.2, 0) is 0 Å². The van der Waals surface area contributed by atoms with Crippen LogP contribution >= 0.6 is 0 Å². The summed E-state index contributed by atoms with van der Waals surface area (Å²) in [7, 11) is 0. The van der Waals surface area contributed by atoms with Gasteiger partial charge in [0.2, 0.25) is 0 Å². The summed E-state index contributed by atoms with van der Waals surface area (Å²) in [6, 6.07) is 53.1. The molecule has 2 heterocycles. The van der Waals surface area contributed by atoms with Crippen LogP contribution < -0.4 is 9.80 Å². The number of rotatable bonds is 6. The lowest BCUT2D eigenvalue weighted by molar-refractivity contribution is 0.663. The molecule has 0 aliphatic rings. The highest BCUT2D eigenvalue weighted by atomic mass is 16.3. The Morgan fingerprint density at radius 1 is 0.306 bits per heavy atom. The number of benzene rings is 9. The Labute approximate surface area is 362 Å². The van der Waals surface area contributed by atoms with Crippen LogP contribution in [0, 0.1) is 55.4 Å². The average Bonchev–Trinajstić information content (AvgIpc) is 3.79. The minimum absolute atomic E-state index is 0.819. The van der Waals surface area contributed by atoms with Gasteiger partial charge in [-0.25, -0.2) is 0 Å². The van der Waals surface area contributed by atoms with Gasteiger partial charge in [0.15, 0.2) is 0 Å². The van der Waals surface area contributed by atoms with Gasteiger partial charge in [0.1, 0.15) is 22.3 Å². The lowest BCUT2D eigenvalue weighted by Gasteiger charge is -2.31. The van der Waals surface area contributed by atoms with E-state index < -0.39 is 0 Å². The zero-order chi connectivity index (χ0) is 42.6. The van der Waals surface area contributed by atoms with E-state index in [1.165, 1.54) is 72.6 Å². The highest BCUT2D eigenvalue weighted by Gasteiger charge is 2.24. The van der Waals surface area contributed by atoms with Crippen LogP contribution in [0.1, 0.15) is 44.5 Å². The number of hydrogen-bond donors (Lipinski definition) is 0. The molecule has 0 saturated carbocycles. The van der Waals surface area contributed by atoms with Gasteiger partial charge in [0, 0.05) is 27.5 Å². The summed E-state index contributed by atoms with van der Waals surface area (Å²) in [5.74, 6) is 0. The van der Waals surface area contributed by atoms with Gasteiger partial charge in [-0.1, -0.05) is 84.9 Å². The van der Waals surface area contributed by atoms with Crippen molar-refractivity contribution in [1.82, 2.24) is 0 Å². The zero-order valence-corrected chi connectivity index (χ0v) is 36.6. The summed E-state index contributed by atoms with van der Waals surface area (Å²) >= 11 is 0. The van der Waals surface area contributed by atoms with E-state index in [9.17, 15) is 0 Å². The van der Waals surface area contributed by atoms with Gasteiger partial charge in [0.25, 0.3) is 0 Å². The number of nitrogens with zero attached hydrogens (tertiary/aromatic N) is 2. The molecule has 0 amide bonds. The number of furan rings is 2. The highest BCUT2D eigenvalue weighted by Crippen LogP contribution is 2.47. The molecule has 11 rings (SSSR count). The van der Waals surface area contributed by atoms with E-state index in [0.29, 0.717) is 0 Å². The van der Waals surface area contributed by atoms with Crippen molar-refractivity contribution in [3.63, 3.8) is 0 Å². The molecule has 0 saturated heterocycles. The fourth-order valence-corrected chi connectivity index (χ4v) is 10.2. The summed E-state index contributed by atoms with van der Waals surface area (Å²) in [6.07, 6.45) is 0. The van der Waals surface area contributed by atoms with E-state index in [-0.39, 0.29) is 0 Å². The third kappa shape index (κ3) is 5.81. The molecule has 0 radical (unpaired) electrons. The summed E-state index contributed by atoms with van der Waals surface area (Å²) in [4.78, 5) is 4.88. The van der Waals surface area contributed by atoms with Gasteiger partial charge in [0.05, 0.1) is 28.1 Å². The van der Waals surface area contributed by atoms with E-state index in [2.05, 4.69) is 211 Å². The molecule has 62 heavy (non-hydrogen) atoms. The van der Waals surface area contributed by atoms with Gasteiger partial charge < -0.3 is 18.6 Å². The first-order chi connectivity index (χ1) is 30.0. The second-order valence-electron chi connectivity index (χ2n) is 17.4. The Morgan fingerprint density at radius 3 is 1.11 bits per heavy atom. The Hall–Kier alpha value is -7.30. The number of anilines is 6. The van der Waals surface area contributed by atoms with Crippen LogP contribution in [0.2, 0.25) is 0 Å². The van der Waals surface area contributed by atoms with Gasteiger partial charge in [-0.05, 0) is 182 Å². The molecule has 0 fully saturated rings. The molecule has 0 bridgehead atoms. The van der Waals surface area contributed by atoms with Crippen molar-refractivity contribution in [2.24, 2.45) is 0 Å². The van der Waals surface area contributed by atoms with Crippen molar-refractivity contribution in [1.29, 1.82) is 0 Å². The fourth-order valence-electron chi connectivity index (χ4n) is 10.2. The zero-order valence-electron chi connectivity index (χ0n) is 36.6. The number of aryl methyl sites for hydroxylation is 8. The van der Waals surface area contributed by atoms with Gasteiger partial charge in [-0.2, -0.15) is 0 Å².